The van der Waals surface area contributed by atoms with E-state index in [0.717, 1.165) is 44.6 Å². The molecule has 1 aromatic rings. The van der Waals surface area contributed by atoms with Crippen molar-refractivity contribution < 1.29 is 4.39 Å². The van der Waals surface area contributed by atoms with E-state index < -0.39 is 0 Å². The van der Waals surface area contributed by atoms with Gasteiger partial charge in [-0.3, -0.25) is 4.90 Å². The smallest absolute Gasteiger partial charge is 0.129 e. The van der Waals surface area contributed by atoms with E-state index in [2.05, 4.69) is 17.1 Å². The Balaban J connectivity index is 2.27. The Labute approximate surface area is 132 Å². The van der Waals surface area contributed by atoms with Gasteiger partial charge in [0.15, 0.2) is 0 Å². The number of halogens is 2. The number of nitrogens with zero attached hydrogens (tertiary/aromatic N) is 1. The highest BCUT2D eigenvalue weighted by Gasteiger charge is 2.26. The van der Waals surface area contributed by atoms with Gasteiger partial charge in [-0.05, 0) is 25.0 Å². The topological polar surface area (TPSA) is 15.3 Å². The van der Waals surface area contributed by atoms with Crippen LogP contribution in [0.3, 0.4) is 0 Å². The Morgan fingerprint density at radius 3 is 2.67 bits per heavy atom. The van der Waals surface area contributed by atoms with E-state index in [-0.39, 0.29) is 11.9 Å². The van der Waals surface area contributed by atoms with Gasteiger partial charge >= 0.3 is 0 Å². The van der Waals surface area contributed by atoms with Crippen LogP contribution in [0.25, 0.3) is 0 Å². The number of benzene rings is 1. The van der Waals surface area contributed by atoms with Gasteiger partial charge in [-0.1, -0.05) is 43.9 Å². The number of unbranched alkanes of at least 4 members (excludes halogenated alkanes) is 2. The zero-order chi connectivity index (χ0) is 15.2. The van der Waals surface area contributed by atoms with Crippen molar-refractivity contribution in [2.75, 3.05) is 26.2 Å². The molecule has 0 aromatic heterocycles. The Kier molecular flexibility index (Phi) is 6.46. The van der Waals surface area contributed by atoms with Crippen LogP contribution in [0.2, 0.25) is 5.02 Å². The highest BCUT2D eigenvalue weighted by molar-refractivity contribution is 6.32. The van der Waals surface area contributed by atoms with Gasteiger partial charge in [0.05, 0.1) is 5.02 Å². The summed E-state index contributed by atoms with van der Waals surface area (Å²) < 4.78 is 14.4. The highest BCUT2D eigenvalue weighted by atomic mass is 35.5. The van der Waals surface area contributed by atoms with E-state index in [4.69, 9.17) is 11.6 Å². The van der Waals surface area contributed by atoms with Crippen LogP contribution < -0.4 is 5.32 Å². The number of hydrogen-bond acceptors (Lipinski definition) is 2. The van der Waals surface area contributed by atoms with E-state index in [1.807, 2.05) is 6.92 Å². The molecule has 0 saturated carbocycles. The number of hydrogen-bond donors (Lipinski definition) is 1. The lowest BCUT2D eigenvalue weighted by Crippen LogP contribution is -2.45. The number of piperazine rings is 1. The molecule has 1 aromatic carbocycles. The molecule has 1 N–H and O–H groups in total. The molecular weight excluding hydrogens is 287 g/mol. The number of nitrogens with one attached hydrogen (secondary N) is 1. The fraction of sp³-hybridized carbons (Fsp3) is 0.647. The first-order valence-corrected chi connectivity index (χ1v) is 8.42. The molecule has 1 heterocycles. The molecule has 0 amide bonds. The molecule has 2 nitrogen and oxygen atoms in total. The third-order valence-corrected chi connectivity index (χ3v) is 4.83. The van der Waals surface area contributed by atoms with Gasteiger partial charge in [-0.15, -0.1) is 0 Å². The average molecular weight is 313 g/mol. The zero-order valence-electron chi connectivity index (χ0n) is 13.1. The first-order valence-electron chi connectivity index (χ1n) is 8.04. The van der Waals surface area contributed by atoms with Crippen LogP contribution in [0.15, 0.2) is 12.1 Å². The molecule has 0 aliphatic carbocycles. The second kappa shape index (κ2) is 8.11. The fourth-order valence-electron chi connectivity index (χ4n) is 3.07. The minimum Gasteiger partial charge on any atom is -0.314 e. The third kappa shape index (κ3) is 4.18. The molecule has 0 radical (unpaired) electrons. The molecule has 2 rings (SSSR count). The van der Waals surface area contributed by atoms with Crippen molar-refractivity contribution in [2.45, 2.75) is 45.6 Å². The zero-order valence-corrected chi connectivity index (χ0v) is 13.8. The van der Waals surface area contributed by atoms with Crippen molar-refractivity contribution in [3.05, 3.63) is 34.1 Å². The van der Waals surface area contributed by atoms with Crippen molar-refractivity contribution in [2.24, 2.45) is 0 Å². The van der Waals surface area contributed by atoms with Gasteiger partial charge in [0.25, 0.3) is 0 Å². The van der Waals surface area contributed by atoms with Crippen molar-refractivity contribution in [3.8, 4) is 0 Å². The Hall–Kier alpha value is -0.640. The van der Waals surface area contributed by atoms with E-state index in [1.165, 1.54) is 12.8 Å². The van der Waals surface area contributed by atoms with Crippen molar-refractivity contribution in [1.29, 1.82) is 0 Å². The maximum Gasteiger partial charge on any atom is 0.129 e. The van der Waals surface area contributed by atoms with Crippen molar-refractivity contribution >= 4 is 11.6 Å². The summed E-state index contributed by atoms with van der Waals surface area (Å²) in [5.74, 6) is -0.161. The number of aryl methyl sites for hydroxylation is 1. The van der Waals surface area contributed by atoms with Gasteiger partial charge in [0.1, 0.15) is 5.82 Å². The summed E-state index contributed by atoms with van der Waals surface area (Å²) in [6.07, 6.45) is 4.47. The lowest BCUT2D eigenvalue weighted by atomic mass is 9.96. The van der Waals surface area contributed by atoms with Gasteiger partial charge in [0.2, 0.25) is 0 Å². The van der Waals surface area contributed by atoms with E-state index >= 15 is 0 Å². The Morgan fingerprint density at radius 2 is 2.00 bits per heavy atom. The monoisotopic (exact) mass is 312 g/mol. The fourth-order valence-corrected chi connectivity index (χ4v) is 3.35. The number of rotatable bonds is 6. The van der Waals surface area contributed by atoms with Crippen LogP contribution in [-0.2, 0) is 0 Å². The second-order valence-corrected chi connectivity index (χ2v) is 6.27. The van der Waals surface area contributed by atoms with Crippen molar-refractivity contribution in [3.63, 3.8) is 0 Å². The molecule has 21 heavy (non-hydrogen) atoms. The third-order valence-electron chi connectivity index (χ3n) is 4.33. The molecule has 1 atom stereocenters. The summed E-state index contributed by atoms with van der Waals surface area (Å²) in [5.41, 5.74) is 1.67. The molecule has 0 spiro atoms. The molecule has 1 saturated heterocycles. The predicted octanol–water partition coefficient (Wildman–Crippen LogP) is 4.31. The van der Waals surface area contributed by atoms with Gasteiger partial charge in [-0.2, -0.15) is 0 Å². The molecular formula is C17H26ClFN2. The quantitative estimate of drug-likeness (QED) is 0.787. The lowest BCUT2D eigenvalue weighted by Gasteiger charge is -2.36. The van der Waals surface area contributed by atoms with Crippen LogP contribution in [0.1, 0.15) is 49.8 Å². The maximum atomic E-state index is 14.4. The standard InChI is InChI=1S/C17H26ClFN2/c1-3-4-5-6-15(21-11-9-20-10-12-21)16-14(19)8-7-13(2)17(16)18/h7-8,15,20H,3-6,9-12H2,1-2H3/t15-/m1/s1. The van der Waals surface area contributed by atoms with Gasteiger partial charge in [-0.25, -0.2) is 4.39 Å². The molecule has 0 bridgehead atoms. The summed E-state index contributed by atoms with van der Waals surface area (Å²) >= 11 is 6.44. The second-order valence-electron chi connectivity index (χ2n) is 5.89. The van der Waals surface area contributed by atoms with Gasteiger partial charge in [0, 0.05) is 37.8 Å². The molecule has 4 heteroatoms. The van der Waals surface area contributed by atoms with Crippen LogP contribution in [0.4, 0.5) is 4.39 Å². The first kappa shape index (κ1) is 16.7. The normalized spacial score (nSPS) is 17.9. The van der Waals surface area contributed by atoms with E-state index in [1.54, 1.807) is 12.1 Å². The average Bonchev–Trinajstić information content (AvgIpc) is 2.51. The molecule has 1 aliphatic rings. The van der Waals surface area contributed by atoms with E-state index in [0.29, 0.717) is 10.6 Å². The SMILES string of the molecule is CCCCC[C@H](c1c(F)ccc(C)c1Cl)N1CCNCC1. The summed E-state index contributed by atoms with van der Waals surface area (Å²) in [5, 5.41) is 3.97. The van der Waals surface area contributed by atoms with Crippen molar-refractivity contribution in [1.82, 2.24) is 10.2 Å². The summed E-state index contributed by atoms with van der Waals surface area (Å²) in [6, 6.07) is 3.43. The van der Waals surface area contributed by atoms with Gasteiger partial charge < -0.3 is 5.32 Å². The Bertz CT molecular complexity index is 458. The summed E-state index contributed by atoms with van der Waals surface area (Å²) in [4.78, 5) is 2.38. The highest BCUT2D eigenvalue weighted by Crippen LogP contribution is 2.35. The molecule has 1 fully saturated rings. The minimum absolute atomic E-state index is 0.103. The minimum atomic E-state index is -0.161. The molecule has 118 valence electrons. The van der Waals surface area contributed by atoms with Crippen LogP contribution in [-0.4, -0.2) is 31.1 Å². The largest absolute Gasteiger partial charge is 0.314 e. The van der Waals surface area contributed by atoms with Crippen LogP contribution in [0, 0.1) is 12.7 Å². The first-order chi connectivity index (χ1) is 10.1. The summed E-state index contributed by atoms with van der Waals surface area (Å²) in [6.45, 7) is 8.00. The predicted molar refractivity (Wildman–Crippen MR) is 87.5 cm³/mol. The molecule has 0 unspecified atom stereocenters. The van der Waals surface area contributed by atoms with E-state index in [9.17, 15) is 4.39 Å². The lowest BCUT2D eigenvalue weighted by molar-refractivity contribution is 0.159. The maximum absolute atomic E-state index is 14.4. The Morgan fingerprint density at radius 1 is 1.29 bits per heavy atom. The summed E-state index contributed by atoms with van der Waals surface area (Å²) in [7, 11) is 0. The van der Waals surface area contributed by atoms with Crippen LogP contribution >= 0.6 is 11.6 Å². The van der Waals surface area contributed by atoms with Crippen LogP contribution in [0.5, 0.6) is 0 Å². The molecule has 1 aliphatic heterocycles.